The van der Waals surface area contributed by atoms with Crippen LogP contribution in [0.25, 0.3) is 0 Å². The van der Waals surface area contributed by atoms with Gasteiger partial charge in [-0.1, -0.05) is 29.3 Å². The van der Waals surface area contributed by atoms with Crippen LogP contribution in [-0.2, 0) is 9.59 Å². The van der Waals surface area contributed by atoms with Gasteiger partial charge in [0, 0.05) is 43.0 Å². The number of carboxylic acids is 2. The van der Waals surface area contributed by atoms with Crippen LogP contribution in [0, 0.1) is 0 Å². The molecule has 0 spiro atoms. The minimum atomic E-state index is -1.35. The van der Waals surface area contributed by atoms with Gasteiger partial charge in [-0.25, -0.2) is 9.59 Å². The SMILES string of the molecule is CC(=O)Oc1cc2c(cc1Cl)C(c1ccc(C(=O)O)cc1C(=O)O)c1cc(Cl)c(OC(C)=O)cc1O2. The minimum absolute atomic E-state index is 0.0129. The van der Waals surface area contributed by atoms with Crippen LogP contribution in [-0.4, -0.2) is 34.1 Å². The zero-order chi connectivity index (χ0) is 26.3. The highest BCUT2D eigenvalue weighted by Gasteiger charge is 2.34. The first-order valence-electron chi connectivity index (χ1n) is 10.3. The summed E-state index contributed by atoms with van der Waals surface area (Å²) in [5, 5.41) is 19.4. The second-order valence-corrected chi connectivity index (χ2v) is 8.59. The van der Waals surface area contributed by atoms with Gasteiger partial charge < -0.3 is 24.4 Å². The molecule has 9 nitrogen and oxygen atoms in total. The number of hydrogen-bond acceptors (Lipinski definition) is 7. The highest BCUT2D eigenvalue weighted by Crippen LogP contribution is 2.52. The average molecular weight is 531 g/mol. The Morgan fingerprint density at radius 1 is 0.750 bits per heavy atom. The topological polar surface area (TPSA) is 136 Å². The predicted molar refractivity (Wildman–Crippen MR) is 127 cm³/mol. The lowest BCUT2D eigenvalue weighted by Gasteiger charge is -2.30. The maximum absolute atomic E-state index is 12.2. The monoisotopic (exact) mass is 530 g/mol. The van der Waals surface area contributed by atoms with Gasteiger partial charge in [0.2, 0.25) is 0 Å². The first-order chi connectivity index (χ1) is 17.0. The summed E-state index contributed by atoms with van der Waals surface area (Å²) in [5.74, 6) is -4.33. The fourth-order valence-electron chi connectivity index (χ4n) is 3.94. The van der Waals surface area contributed by atoms with E-state index >= 15 is 0 Å². The largest absolute Gasteiger partial charge is 0.478 e. The first-order valence-corrected chi connectivity index (χ1v) is 11.0. The summed E-state index contributed by atoms with van der Waals surface area (Å²) < 4.78 is 16.3. The Labute approximate surface area is 213 Å². The summed E-state index contributed by atoms with van der Waals surface area (Å²) in [7, 11) is 0. The van der Waals surface area contributed by atoms with Crippen molar-refractivity contribution in [2.24, 2.45) is 0 Å². The molecule has 2 N–H and O–H groups in total. The number of ether oxygens (including phenoxy) is 3. The molecule has 1 heterocycles. The van der Waals surface area contributed by atoms with Crippen LogP contribution in [0.2, 0.25) is 10.0 Å². The number of carbonyl (C=O) groups excluding carboxylic acids is 2. The van der Waals surface area contributed by atoms with Gasteiger partial charge in [-0.15, -0.1) is 0 Å². The molecule has 0 saturated heterocycles. The lowest BCUT2D eigenvalue weighted by Crippen LogP contribution is -2.17. The van der Waals surface area contributed by atoms with Crippen LogP contribution in [0.1, 0.15) is 57.2 Å². The molecule has 0 saturated carbocycles. The van der Waals surface area contributed by atoms with Gasteiger partial charge in [0.1, 0.15) is 11.5 Å². The number of rotatable bonds is 5. The van der Waals surface area contributed by atoms with E-state index in [1.165, 1.54) is 50.2 Å². The number of carbonyl (C=O) groups is 4. The minimum Gasteiger partial charge on any atom is -0.478 e. The molecule has 1 aliphatic rings. The van der Waals surface area contributed by atoms with E-state index in [-0.39, 0.29) is 49.7 Å². The van der Waals surface area contributed by atoms with E-state index in [0.717, 1.165) is 6.07 Å². The molecule has 3 aromatic carbocycles. The highest BCUT2D eigenvalue weighted by atomic mass is 35.5. The predicted octanol–water partition coefficient (Wildman–Crippen LogP) is 5.53. The molecule has 11 heteroatoms. The Bertz CT molecular complexity index is 1390. The molecule has 0 radical (unpaired) electrons. The molecule has 1 aliphatic heterocycles. The smallest absolute Gasteiger partial charge is 0.336 e. The van der Waals surface area contributed by atoms with Crippen LogP contribution >= 0.6 is 23.2 Å². The fraction of sp³-hybridized carbons (Fsp3) is 0.120. The molecule has 0 amide bonds. The van der Waals surface area contributed by atoms with Crippen LogP contribution in [0.4, 0.5) is 0 Å². The molecule has 0 aliphatic carbocycles. The van der Waals surface area contributed by atoms with Crippen LogP contribution in [0.3, 0.4) is 0 Å². The van der Waals surface area contributed by atoms with Gasteiger partial charge in [-0.3, -0.25) is 9.59 Å². The number of benzene rings is 3. The van der Waals surface area contributed by atoms with Crippen molar-refractivity contribution in [1.29, 1.82) is 0 Å². The maximum atomic E-state index is 12.2. The Hall–Kier alpha value is -4.08. The van der Waals surface area contributed by atoms with E-state index in [9.17, 15) is 29.4 Å². The molecular weight excluding hydrogens is 515 g/mol. The number of esters is 2. The van der Waals surface area contributed by atoms with Crippen molar-refractivity contribution in [3.63, 3.8) is 0 Å². The Morgan fingerprint density at radius 2 is 1.25 bits per heavy atom. The number of fused-ring (bicyclic) bond motifs is 2. The molecular formula is C25H16Cl2O9. The molecule has 0 atom stereocenters. The zero-order valence-electron chi connectivity index (χ0n) is 18.6. The van der Waals surface area contributed by atoms with Gasteiger partial charge in [0.15, 0.2) is 11.5 Å². The molecule has 184 valence electrons. The Balaban J connectivity index is 2.01. The summed E-state index contributed by atoms with van der Waals surface area (Å²) >= 11 is 12.7. The normalized spacial score (nSPS) is 12.1. The standard InChI is InChI=1S/C25H16Cl2O9/c1-10(28)34-21-8-19-15(6-17(21)26)23(13-4-3-12(24(30)31)5-14(13)25(32)33)16-7-18(27)22(35-11(2)29)9-20(16)36-19/h3-9,23H,1-2H3,(H,30,31)(H,32,33). The van der Waals surface area contributed by atoms with Gasteiger partial charge in [0.05, 0.1) is 21.2 Å². The Morgan fingerprint density at radius 3 is 1.67 bits per heavy atom. The molecule has 0 fully saturated rings. The van der Waals surface area contributed by atoms with Crippen LogP contribution < -0.4 is 14.2 Å². The van der Waals surface area contributed by atoms with Crippen molar-refractivity contribution in [2.45, 2.75) is 19.8 Å². The van der Waals surface area contributed by atoms with E-state index in [1.807, 2.05) is 0 Å². The van der Waals surface area contributed by atoms with Crippen molar-refractivity contribution in [2.75, 3.05) is 0 Å². The van der Waals surface area contributed by atoms with Gasteiger partial charge in [-0.05, 0) is 29.8 Å². The quantitative estimate of drug-likeness (QED) is 0.252. The lowest BCUT2D eigenvalue weighted by molar-refractivity contribution is -0.132. The van der Waals surface area contributed by atoms with E-state index in [4.69, 9.17) is 37.4 Å². The van der Waals surface area contributed by atoms with Gasteiger partial charge >= 0.3 is 23.9 Å². The first kappa shape index (κ1) is 25.0. The highest BCUT2D eigenvalue weighted by molar-refractivity contribution is 6.32. The number of halogens is 2. The molecule has 3 aromatic rings. The van der Waals surface area contributed by atoms with Crippen molar-refractivity contribution < 1.29 is 43.6 Å². The summed E-state index contributed by atoms with van der Waals surface area (Å²) in [6.45, 7) is 2.40. The number of hydrogen-bond donors (Lipinski definition) is 2. The molecule has 4 rings (SSSR count). The van der Waals surface area contributed by atoms with Crippen LogP contribution in [0.15, 0.2) is 42.5 Å². The van der Waals surface area contributed by atoms with E-state index in [0.29, 0.717) is 11.1 Å². The van der Waals surface area contributed by atoms with Crippen LogP contribution in [0.5, 0.6) is 23.0 Å². The second-order valence-electron chi connectivity index (χ2n) is 7.78. The fourth-order valence-corrected chi connectivity index (χ4v) is 4.36. The van der Waals surface area contributed by atoms with E-state index in [2.05, 4.69) is 0 Å². The Kier molecular flexibility index (Phi) is 6.62. The van der Waals surface area contributed by atoms with E-state index < -0.39 is 29.8 Å². The van der Waals surface area contributed by atoms with Crippen molar-refractivity contribution in [3.8, 4) is 23.0 Å². The average Bonchev–Trinajstić information content (AvgIpc) is 2.78. The van der Waals surface area contributed by atoms with Crippen molar-refractivity contribution in [1.82, 2.24) is 0 Å². The molecule has 0 unspecified atom stereocenters. The van der Waals surface area contributed by atoms with Gasteiger partial charge in [0.25, 0.3) is 0 Å². The zero-order valence-corrected chi connectivity index (χ0v) is 20.1. The number of aromatic carboxylic acids is 2. The molecule has 36 heavy (non-hydrogen) atoms. The lowest BCUT2D eigenvalue weighted by atomic mass is 9.80. The third kappa shape index (κ3) is 4.71. The van der Waals surface area contributed by atoms with Crippen molar-refractivity contribution in [3.05, 3.63) is 80.3 Å². The summed E-state index contributed by atoms with van der Waals surface area (Å²) in [6, 6.07) is 9.41. The molecule has 0 bridgehead atoms. The third-order valence-corrected chi connectivity index (χ3v) is 5.91. The van der Waals surface area contributed by atoms with Gasteiger partial charge in [-0.2, -0.15) is 0 Å². The second kappa shape index (κ2) is 9.52. The third-order valence-electron chi connectivity index (χ3n) is 5.32. The van der Waals surface area contributed by atoms with Crippen molar-refractivity contribution >= 4 is 47.1 Å². The molecule has 0 aromatic heterocycles. The maximum Gasteiger partial charge on any atom is 0.336 e. The summed E-state index contributed by atoms with van der Waals surface area (Å²) in [6.07, 6.45) is 0. The number of carboxylic acid groups (broad SMARTS) is 2. The summed E-state index contributed by atoms with van der Waals surface area (Å²) in [4.78, 5) is 46.6. The van der Waals surface area contributed by atoms with E-state index in [1.54, 1.807) is 0 Å². The summed E-state index contributed by atoms with van der Waals surface area (Å²) in [5.41, 5.74) is 0.565.